The van der Waals surface area contributed by atoms with Gasteiger partial charge in [-0.05, 0) is 13.3 Å². The molecule has 0 radical (unpaired) electrons. The zero-order valence-corrected chi connectivity index (χ0v) is 7.52. The van der Waals surface area contributed by atoms with Gasteiger partial charge in [-0.1, -0.05) is 6.92 Å². The number of nitrogens with zero attached hydrogens (tertiary/aromatic N) is 2. The molecule has 0 unspecified atom stereocenters. The number of aryl methyl sites for hydroxylation is 3. The van der Waals surface area contributed by atoms with Crippen LogP contribution in [0.15, 0.2) is 0 Å². The monoisotopic (exact) mass is 163 g/mol. The molecule has 64 valence electrons. The van der Waals surface area contributed by atoms with Crippen LogP contribution in [0.4, 0.5) is 0 Å². The second-order valence-corrected chi connectivity index (χ2v) is 2.76. The van der Waals surface area contributed by atoms with Crippen LogP contribution in [0.25, 0.3) is 0 Å². The molecule has 3 nitrogen and oxygen atoms in total. The summed E-state index contributed by atoms with van der Waals surface area (Å²) < 4.78 is 0. The maximum absolute atomic E-state index is 8.41. The Labute approximate surface area is 72.4 Å². The minimum absolute atomic E-state index is 0.564. The van der Waals surface area contributed by atoms with Crippen LogP contribution in [0.3, 0.4) is 0 Å². The highest BCUT2D eigenvalue weighted by Gasteiger charge is 2.04. The lowest BCUT2D eigenvalue weighted by molar-refractivity contribution is 0.923. The van der Waals surface area contributed by atoms with Crippen molar-refractivity contribution >= 4 is 0 Å². The van der Waals surface area contributed by atoms with Gasteiger partial charge < -0.3 is 4.98 Å². The molecule has 1 N–H and O–H groups in total. The Morgan fingerprint density at radius 2 is 2.33 bits per heavy atom. The normalized spacial score (nSPS) is 9.75. The topological polar surface area (TPSA) is 52.5 Å². The summed E-state index contributed by atoms with van der Waals surface area (Å²) in [5, 5.41) is 8.41. The summed E-state index contributed by atoms with van der Waals surface area (Å²) in [5.74, 6) is 0.944. The number of imidazole rings is 1. The maximum atomic E-state index is 8.41. The average molecular weight is 163 g/mol. The van der Waals surface area contributed by atoms with E-state index >= 15 is 0 Å². The van der Waals surface area contributed by atoms with Crippen molar-refractivity contribution < 1.29 is 0 Å². The third kappa shape index (κ3) is 1.85. The first-order valence-electron chi connectivity index (χ1n) is 4.19. The van der Waals surface area contributed by atoms with E-state index in [0.717, 1.165) is 30.1 Å². The van der Waals surface area contributed by atoms with E-state index in [1.807, 2.05) is 6.92 Å². The first-order valence-corrected chi connectivity index (χ1v) is 4.19. The van der Waals surface area contributed by atoms with Crippen LogP contribution < -0.4 is 0 Å². The van der Waals surface area contributed by atoms with Gasteiger partial charge in [0.15, 0.2) is 0 Å². The second kappa shape index (κ2) is 3.91. The van der Waals surface area contributed by atoms with Crippen molar-refractivity contribution in [3.63, 3.8) is 0 Å². The van der Waals surface area contributed by atoms with Crippen LogP contribution in [-0.2, 0) is 12.8 Å². The Kier molecular flexibility index (Phi) is 2.87. The molecule has 0 aliphatic rings. The fourth-order valence-electron chi connectivity index (χ4n) is 1.27. The standard InChI is InChI=1S/C9H13N3/c1-3-8-9(5-4-6-10)12-7(2)11-8/h3-5H2,1-2H3,(H,11,12). The Balaban J connectivity index is 2.76. The van der Waals surface area contributed by atoms with Gasteiger partial charge in [-0.15, -0.1) is 0 Å². The molecule has 0 spiro atoms. The van der Waals surface area contributed by atoms with Gasteiger partial charge in [-0.2, -0.15) is 5.26 Å². The lowest BCUT2D eigenvalue weighted by Gasteiger charge is -1.94. The summed E-state index contributed by atoms with van der Waals surface area (Å²) in [6.45, 7) is 4.01. The number of H-pyrrole nitrogens is 1. The minimum Gasteiger partial charge on any atom is -0.346 e. The van der Waals surface area contributed by atoms with E-state index in [1.165, 1.54) is 0 Å². The molecule has 0 saturated carbocycles. The van der Waals surface area contributed by atoms with Crippen LogP contribution in [-0.4, -0.2) is 9.97 Å². The highest BCUT2D eigenvalue weighted by atomic mass is 14.9. The van der Waals surface area contributed by atoms with Gasteiger partial charge in [0.05, 0.1) is 11.8 Å². The molecule has 3 heteroatoms. The largest absolute Gasteiger partial charge is 0.346 e. The summed E-state index contributed by atoms with van der Waals surface area (Å²) in [7, 11) is 0. The van der Waals surface area contributed by atoms with Crippen LogP contribution in [0.1, 0.15) is 30.6 Å². The highest BCUT2D eigenvalue weighted by Crippen LogP contribution is 2.08. The van der Waals surface area contributed by atoms with Crippen LogP contribution in [0.5, 0.6) is 0 Å². The minimum atomic E-state index is 0.564. The van der Waals surface area contributed by atoms with Gasteiger partial charge in [0.2, 0.25) is 0 Å². The van der Waals surface area contributed by atoms with Crippen LogP contribution in [0.2, 0.25) is 0 Å². The molecule has 12 heavy (non-hydrogen) atoms. The smallest absolute Gasteiger partial charge is 0.103 e. The fourth-order valence-corrected chi connectivity index (χ4v) is 1.27. The van der Waals surface area contributed by atoms with Gasteiger partial charge in [0, 0.05) is 18.5 Å². The van der Waals surface area contributed by atoms with E-state index in [4.69, 9.17) is 5.26 Å². The van der Waals surface area contributed by atoms with E-state index in [1.54, 1.807) is 0 Å². The molecule has 0 saturated heterocycles. The predicted molar refractivity (Wildman–Crippen MR) is 46.6 cm³/mol. The van der Waals surface area contributed by atoms with Gasteiger partial charge in [-0.25, -0.2) is 4.98 Å². The fraction of sp³-hybridized carbons (Fsp3) is 0.556. The molecule has 1 heterocycles. The van der Waals surface area contributed by atoms with E-state index in [0.29, 0.717) is 6.42 Å². The first kappa shape index (κ1) is 8.79. The molecule has 0 amide bonds. The number of aromatic amines is 1. The molecule has 1 aromatic rings. The summed E-state index contributed by atoms with van der Waals surface area (Å²) in [6, 6.07) is 2.13. The SMILES string of the molecule is CCc1nc(C)[nH]c1CCC#N. The highest BCUT2D eigenvalue weighted by molar-refractivity contribution is 5.15. The van der Waals surface area contributed by atoms with Crippen LogP contribution in [0, 0.1) is 18.3 Å². The Morgan fingerprint density at radius 3 is 2.92 bits per heavy atom. The van der Waals surface area contributed by atoms with Crippen molar-refractivity contribution in [2.24, 2.45) is 0 Å². The molecule has 0 atom stereocenters. The van der Waals surface area contributed by atoms with Gasteiger partial charge >= 0.3 is 0 Å². The Bertz CT molecular complexity index is 293. The molecule has 0 aliphatic heterocycles. The third-order valence-electron chi connectivity index (χ3n) is 1.80. The number of nitriles is 1. The van der Waals surface area contributed by atoms with Crippen molar-refractivity contribution in [2.75, 3.05) is 0 Å². The Hall–Kier alpha value is -1.30. The van der Waals surface area contributed by atoms with Gasteiger partial charge in [-0.3, -0.25) is 0 Å². The van der Waals surface area contributed by atoms with Gasteiger partial charge in [0.1, 0.15) is 5.82 Å². The van der Waals surface area contributed by atoms with E-state index < -0.39 is 0 Å². The molecular weight excluding hydrogens is 150 g/mol. The summed E-state index contributed by atoms with van der Waals surface area (Å²) >= 11 is 0. The van der Waals surface area contributed by atoms with Crippen molar-refractivity contribution in [3.05, 3.63) is 17.2 Å². The summed E-state index contributed by atoms with van der Waals surface area (Å²) in [6.07, 6.45) is 2.29. The van der Waals surface area contributed by atoms with Crippen LogP contribution >= 0.6 is 0 Å². The molecule has 0 aromatic carbocycles. The molecule has 0 aliphatic carbocycles. The van der Waals surface area contributed by atoms with E-state index in [2.05, 4.69) is 23.0 Å². The second-order valence-electron chi connectivity index (χ2n) is 2.76. The lowest BCUT2D eigenvalue weighted by Crippen LogP contribution is -1.90. The zero-order valence-electron chi connectivity index (χ0n) is 7.52. The van der Waals surface area contributed by atoms with E-state index in [-0.39, 0.29) is 0 Å². The molecule has 1 aromatic heterocycles. The number of hydrogen-bond donors (Lipinski definition) is 1. The number of hydrogen-bond acceptors (Lipinski definition) is 2. The number of nitrogens with one attached hydrogen (secondary N) is 1. The summed E-state index contributed by atoms with van der Waals surface area (Å²) in [4.78, 5) is 7.49. The Morgan fingerprint density at radius 1 is 1.58 bits per heavy atom. The quantitative estimate of drug-likeness (QED) is 0.737. The number of rotatable bonds is 3. The lowest BCUT2D eigenvalue weighted by atomic mass is 10.2. The average Bonchev–Trinajstić information content (AvgIpc) is 2.42. The third-order valence-corrected chi connectivity index (χ3v) is 1.80. The van der Waals surface area contributed by atoms with Crippen molar-refractivity contribution in [3.8, 4) is 6.07 Å². The predicted octanol–water partition coefficient (Wildman–Crippen LogP) is 1.74. The molecular formula is C9H13N3. The van der Waals surface area contributed by atoms with E-state index in [9.17, 15) is 0 Å². The maximum Gasteiger partial charge on any atom is 0.103 e. The van der Waals surface area contributed by atoms with Gasteiger partial charge in [0.25, 0.3) is 0 Å². The molecule has 1 rings (SSSR count). The van der Waals surface area contributed by atoms with Crippen molar-refractivity contribution in [2.45, 2.75) is 33.1 Å². The summed E-state index contributed by atoms with van der Waals surface area (Å²) in [5.41, 5.74) is 2.22. The number of aromatic nitrogens is 2. The first-order chi connectivity index (χ1) is 5.77. The molecule has 0 fully saturated rings. The zero-order chi connectivity index (χ0) is 8.97. The van der Waals surface area contributed by atoms with Crippen molar-refractivity contribution in [1.82, 2.24) is 9.97 Å². The molecule has 0 bridgehead atoms. The van der Waals surface area contributed by atoms with Crippen molar-refractivity contribution in [1.29, 1.82) is 5.26 Å².